The molecule has 0 unspecified atom stereocenters. The molecule has 0 aliphatic carbocycles. The van der Waals surface area contributed by atoms with Crippen molar-refractivity contribution in [3.8, 4) is 11.3 Å². The van der Waals surface area contributed by atoms with Crippen molar-refractivity contribution in [2.75, 3.05) is 5.32 Å². The molecule has 0 aliphatic heterocycles. The van der Waals surface area contributed by atoms with Gasteiger partial charge >= 0.3 is 0 Å². The largest absolute Gasteiger partial charge is 0.305 e. The van der Waals surface area contributed by atoms with Crippen LogP contribution in [0.1, 0.15) is 16.2 Å². The van der Waals surface area contributed by atoms with E-state index in [0.717, 1.165) is 21.9 Å². The molecule has 1 N–H and O–H groups in total. The Morgan fingerprint density at radius 1 is 1.08 bits per heavy atom. The summed E-state index contributed by atoms with van der Waals surface area (Å²) < 4.78 is 1.82. The van der Waals surface area contributed by atoms with Gasteiger partial charge in [-0.05, 0) is 19.1 Å². The second-order valence-electron chi connectivity index (χ2n) is 5.38. The number of aromatic nitrogens is 3. The molecule has 6 heteroatoms. The van der Waals surface area contributed by atoms with E-state index in [4.69, 9.17) is 0 Å². The molecule has 0 atom stereocenters. The van der Waals surface area contributed by atoms with E-state index in [0.29, 0.717) is 11.5 Å². The molecule has 3 heterocycles. The SMILES string of the molecule is Cc1cccc(NC(=O)c2csc3nc(-c4ccccc4)cn23)n1. The number of nitrogens with one attached hydrogen (secondary N) is 1. The predicted octanol–water partition coefficient (Wildman–Crippen LogP) is 4.02. The molecule has 3 aromatic heterocycles. The molecule has 1 amide bonds. The molecular weight excluding hydrogens is 320 g/mol. The highest BCUT2D eigenvalue weighted by Crippen LogP contribution is 2.24. The smallest absolute Gasteiger partial charge is 0.274 e. The lowest BCUT2D eigenvalue weighted by atomic mass is 10.2. The van der Waals surface area contributed by atoms with Crippen LogP contribution in [0, 0.1) is 6.92 Å². The van der Waals surface area contributed by atoms with Crippen LogP contribution in [0.3, 0.4) is 0 Å². The van der Waals surface area contributed by atoms with Crippen molar-refractivity contribution in [1.29, 1.82) is 0 Å². The Balaban J connectivity index is 1.67. The molecule has 0 spiro atoms. The molecule has 0 radical (unpaired) electrons. The van der Waals surface area contributed by atoms with Crippen molar-refractivity contribution in [3.05, 3.63) is 71.5 Å². The van der Waals surface area contributed by atoms with Gasteiger partial charge in [0.2, 0.25) is 0 Å². The van der Waals surface area contributed by atoms with Gasteiger partial charge < -0.3 is 5.32 Å². The van der Waals surface area contributed by atoms with E-state index in [1.165, 1.54) is 11.3 Å². The number of fused-ring (bicyclic) bond motifs is 1. The van der Waals surface area contributed by atoms with Crippen LogP contribution < -0.4 is 5.32 Å². The van der Waals surface area contributed by atoms with E-state index in [9.17, 15) is 4.79 Å². The Hall–Kier alpha value is -2.99. The Morgan fingerprint density at radius 2 is 1.92 bits per heavy atom. The zero-order chi connectivity index (χ0) is 16.5. The second kappa shape index (κ2) is 5.90. The number of pyridine rings is 1. The number of hydrogen-bond donors (Lipinski definition) is 1. The van der Waals surface area contributed by atoms with Gasteiger partial charge in [0.1, 0.15) is 11.5 Å². The predicted molar refractivity (Wildman–Crippen MR) is 95.4 cm³/mol. The summed E-state index contributed by atoms with van der Waals surface area (Å²) in [6.45, 7) is 1.89. The van der Waals surface area contributed by atoms with Crippen LogP contribution in [0.25, 0.3) is 16.2 Å². The van der Waals surface area contributed by atoms with Crippen LogP contribution in [0.5, 0.6) is 0 Å². The molecule has 1 aromatic carbocycles. The monoisotopic (exact) mass is 334 g/mol. The minimum atomic E-state index is -0.198. The van der Waals surface area contributed by atoms with Crippen LogP contribution in [0.15, 0.2) is 60.1 Å². The standard InChI is InChI=1S/C18H14N4OS/c1-12-6-5-9-16(19-12)21-17(23)15-11-24-18-20-14(10-22(15)18)13-7-3-2-4-8-13/h2-11H,1H3,(H,19,21,23). The van der Waals surface area contributed by atoms with Gasteiger partial charge in [-0.15, -0.1) is 11.3 Å². The lowest BCUT2D eigenvalue weighted by molar-refractivity contribution is 0.102. The first-order chi connectivity index (χ1) is 11.7. The molecule has 0 saturated heterocycles. The molecule has 0 saturated carbocycles. The van der Waals surface area contributed by atoms with Crippen molar-refractivity contribution in [3.63, 3.8) is 0 Å². The second-order valence-corrected chi connectivity index (χ2v) is 6.22. The summed E-state index contributed by atoms with van der Waals surface area (Å²) in [7, 11) is 0. The average Bonchev–Trinajstić information content (AvgIpc) is 3.16. The third-order valence-corrected chi connectivity index (χ3v) is 4.48. The maximum absolute atomic E-state index is 12.6. The fourth-order valence-electron chi connectivity index (χ4n) is 2.49. The van der Waals surface area contributed by atoms with Crippen LogP contribution >= 0.6 is 11.3 Å². The lowest BCUT2D eigenvalue weighted by Gasteiger charge is -2.04. The maximum Gasteiger partial charge on any atom is 0.274 e. The van der Waals surface area contributed by atoms with E-state index in [2.05, 4.69) is 15.3 Å². The van der Waals surface area contributed by atoms with Gasteiger partial charge in [0.15, 0.2) is 4.96 Å². The first kappa shape index (κ1) is 14.6. The van der Waals surface area contributed by atoms with Crippen LogP contribution in [-0.2, 0) is 0 Å². The summed E-state index contributed by atoms with van der Waals surface area (Å²) in [5.74, 6) is 0.346. The van der Waals surface area contributed by atoms with Crippen molar-refractivity contribution in [2.24, 2.45) is 0 Å². The summed E-state index contributed by atoms with van der Waals surface area (Å²) in [5.41, 5.74) is 3.29. The highest BCUT2D eigenvalue weighted by Gasteiger charge is 2.15. The van der Waals surface area contributed by atoms with Crippen LogP contribution in [0.2, 0.25) is 0 Å². The number of hydrogen-bond acceptors (Lipinski definition) is 4. The zero-order valence-corrected chi connectivity index (χ0v) is 13.7. The van der Waals surface area contributed by atoms with Gasteiger partial charge in [-0.2, -0.15) is 0 Å². The normalized spacial score (nSPS) is 10.9. The van der Waals surface area contributed by atoms with Crippen LogP contribution in [-0.4, -0.2) is 20.3 Å². The fourth-order valence-corrected chi connectivity index (χ4v) is 3.34. The highest BCUT2D eigenvalue weighted by molar-refractivity contribution is 7.15. The number of carbonyl (C=O) groups is 1. The molecule has 24 heavy (non-hydrogen) atoms. The van der Waals surface area contributed by atoms with E-state index >= 15 is 0 Å². The number of thiazole rings is 1. The van der Waals surface area contributed by atoms with Gasteiger partial charge in [0.25, 0.3) is 5.91 Å². The van der Waals surface area contributed by atoms with Gasteiger partial charge in [-0.25, -0.2) is 9.97 Å². The number of imidazole rings is 1. The summed E-state index contributed by atoms with van der Waals surface area (Å²) in [6.07, 6.45) is 1.89. The van der Waals surface area contributed by atoms with Gasteiger partial charge in [-0.3, -0.25) is 9.20 Å². The topological polar surface area (TPSA) is 59.3 Å². The van der Waals surface area contributed by atoms with E-state index in [-0.39, 0.29) is 5.91 Å². The van der Waals surface area contributed by atoms with Gasteiger partial charge in [0, 0.05) is 22.8 Å². The van der Waals surface area contributed by atoms with Crippen molar-refractivity contribution in [1.82, 2.24) is 14.4 Å². The van der Waals surface area contributed by atoms with Gasteiger partial charge in [0.05, 0.1) is 5.69 Å². The Labute approximate surface area is 142 Å². The number of aryl methyl sites for hydroxylation is 1. The first-order valence-corrected chi connectivity index (χ1v) is 8.36. The number of benzene rings is 1. The van der Waals surface area contributed by atoms with Crippen molar-refractivity contribution < 1.29 is 4.79 Å². The molecule has 0 bridgehead atoms. The van der Waals surface area contributed by atoms with Crippen molar-refractivity contribution >= 4 is 28.0 Å². The third-order valence-electron chi connectivity index (χ3n) is 3.64. The first-order valence-electron chi connectivity index (χ1n) is 7.48. The molecule has 118 valence electrons. The summed E-state index contributed by atoms with van der Waals surface area (Å²) >= 11 is 1.44. The Morgan fingerprint density at radius 3 is 2.71 bits per heavy atom. The van der Waals surface area contributed by atoms with Gasteiger partial charge in [-0.1, -0.05) is 36.4 Å². The third kappa shape index (κ3) is 2.68. The zero-order valence-electron chi connectivity index (χ0n) is 12.9. The summed E-state index contributed by atoms with van der Waals surface area (Å²) in [5, 5.41) is 4.64. The molecule has 0 aliphatic rings. The number of anilines is 1. The van der Waals surface area contributed by atoms with E-state index in [1.807, 2.05) is 65.4 Å². The fraction of sp³-hybridized carbons (Fsp3) is 0.0556. The molecule has 0 fully saturated rings. The molecule has 4 rings (SSSR count). The molecule has 4 aromatic rings. The minimum Gasteiger partial charge on any atom is -0.305 e. The Bertz CT molecular complexity index is 1020. The summed E-state index contributed by atoms with van der Waals surface area (Å²) in [6, 6.07) is 15.4. The molecule has 5 nitrogen and oxygen atoms in total. The van der Waals surface area contributed by atoms with Crippen molar-refractivity contribution in [2.45, 2.75) is 6.92 Å². The Kier molecular flexibility index (Phi) is 3.59. The maximum atomic E-state index is 12.6. The number of nitrogens with zero attached hydrogens (tertiary/aromatic N) is 3. The number of amides is 1. The highest BCUT2D eigenvalue weighted by atomic mass is 32.1. The average molecular weight is 334 g/mol. The lowest BCUT2D eigenvalue weighted by Crippen LogP contribution is -2.14. The molecular formula is C18H14N4OS. The number of rotatable bonds is 3. The quantitative estimate of drug-likeness (QED) is 0.615. The van der Waals surface area contributed by atoms with E-state index < -0.39 is 0 Å². The van der Waals surface area contributed by atoms with Crippen LogP contribution in [0.4, 0.5) is 5.82 Å². The number of carbonyl (C=O) groups excluding carboxylic acids is 1. The van der Waals surface area contributed by atoms with E-state index in [1.54, 1.807) is 6.07 Å². The summed E-state index contributed by atoms with van der Waals surface area (Å²) in [4.78, 5) is 22.2. The minimum absolute atomic E-state index is 0.198.